The van der Waals surface area contributed by atoms with E-state index in [1.54, 1.807) is 11.3 Å². The lowest BCUT2D eigenvalue weighted by atomic mass is 9.83. The Morgan fingerprint density at radius 2 is 2.19 bits per heavy atom. The average Bonchev–Trinajstić information content (AvgIpc) is 2.64. The first kappa shape index (κ1) is 13.7. The summed E-state index contributed by atoms with van der Waals surface area (Å²) in [4.78, 5) is 4.56. The minimum Gasteiger partial charge on any atom is -0.316 e. The minimum atomic E-state index is 0.343. The second-order valence-corrected chi connectivity index (χ2v) is 5.94. The monoisotopic (exact) mass is 240 g/mol. The zero-order valence-corrected chi connectivity index (χ0v) is 11.8. The normalized spacial score (nSPS) is 15.0. The van der Waals surface area contributed by atoms with E-state index in [0.29, 0.717) is 5.41 Å². The van der Waals surface area contributed by atoms with Gasteiger partial charge in [0, 0.05) is 11.9 Å². The molecular weight excluding hydrogens is 216 g/mol. The Bertz CT molecular complexity index is 309. The van der Waals surface area contributed by atoms with Crippen molar-refractivity contribution in [1.82, 2.24) is 10.3 Å². The molecule has 0 amide bonds. The van der Waals surface area contributed by atoms with Crippen LogP contribution in [0, 0.1) is 12.3 Å². The smallest absolute Gasteiger partial charge is 0.0897 e. The van der Waals surface area contributed by atoms with Gasteiger partial charge in [-0.25, -0.2) is 4.98 Å². The molecule has 0 fully saturated rings. The van der Waals surface area contributed by atoms with Crippen LogP contribution < -0.4 is 5.32 Å². The molecule has 2 nitrogen and oxygen atoms in total. The van der Waals surface area contributed by atoms with Crippen molar-refractivity contribution in [2.24, 2.45) is 5.41 Å². The van der Waals surface area contributed by atoms with E-state index < -0.39 is 0 Å². The van der Waals surface area contributed by atoms with Crippen LogP contribution in [0.1, 0.15) is 44.3 Å². The third kappa shape index (κ3) is 4.22. The maximum absolute atomic E-state index is 4.56. The molecular formula is C13H24N2S. The molecule has 0 aromatic carbocycles. The largest absolute Gasteiger partial charge is 0.316 e. The van der Waals surface area contributed by atoms with E-state index in [4.69, 9.17) is 0 Å². The first-order valence-electron chi connectivity index (χ1n) is 6.21. The van der Waals surface area contributed by atoms with Gasteiger partial charge >= 0.3 is 0 Å². The summed E-state index contributed by atoms with van der Waals surface area (Å²) < 4.78 is 0. The number of nitrogens with zero attached hydrogens (tertiary/aromatic N) is 1. The predicted octanol–water partition coefficient (Wildman–Crippen LogP) is 3.41. The number of aryl methyl sites for hydroxylation is 1. The molecule has 1 atom stereocenters. The molecule has 0 saturated heterocycles. The first-order chi connectivity index (χ1) is 7.59. The maximum atomic E-state index is 4.56. The zero-order chi connectivity index (χ0) is 12.0. The van der Waals surface area contributed by atoms with Crippen molar-refractivity contribution in [1.29, 1.82) is 0 Å². The Balaban J connectivity index is 2.51. The van der Waals surface area contributed by atoms with E-state index >= 15 is 0 Å². The fourth-order valence-electron chi connectivity index (χ4n) is 1.81. The Morgan fingerprint density at radius 1 is 1.44 bits per heavy atom. The number of rotatable bonds is 7. The first-order valence-corrected chi connectivity index (χ1v) is 7.09. The maximum Gasteiger partial charge on any atom is 0.0897 e. The molecule has 1 unspecified atom stereocenters. The summed E-state index contributed by atoms with van der Waals surface area (Å²) >= 11 is 1.75. The molecule has 1 N–H and O–H groups in total. The van der Waals surface area contributed by atoms with Crippen LogP contribution in [0.2, 0.25) is 0 Å². The van der Waals surface area contributed by atoms with Crippen LogP contribution >= 0.6 is 11.3 Å². The topological polar surface area (TPSA) is 24.9 Å². The van der Waals surface area contributed by atoms with Crippen LogP contribution in [0.25, 0.3) is 0 Å². The van der Waals surface area contributed by atoms with Crippen molar-refractivity contribution in [2.75, 3.05) is 13.1 Å². The quantitative estimate of drug-likeness (QED) is 0.739. The van der Waals surface area contributed by atoms with Gasteiger partial charge in [0.15, 0.2) is 0 Å². The van der Waals surface area contributed by atoms with E-state index in [9.17, 15) is 0 Å². The van der Waals surface area contributed by atoms with Gasteiger partial charge < -0.3 is 5.32 Å². The fourth-order valence-corrected chi connectivity index (χ4v) is 2.42. The van der Waals surface area contributed by atoms with Gasteiger partial charge in [-0.3, -0.25) is 0 Å². The van der Waals surface area contributed by atoms with Crippen LogP contribution in [-0.2, 0) is 6.42 Å². The Hall–Kier alpha value is -0.410. The van der Waals surface area contributed by atoms with Crippen LogP contribution in [0.4, 0.5) is 0 Å². The van der Waals surface area contributed by atoms with Crippen molar-refractivity contribution in [3.63, 3.8) is 0 Å². The second kappa shape index (κ2) is 6.36. The van der Waals surface area contributed by atoms with Crippen LogP contribution in [0.15, 0.2) is 5.38 Å². The molecule has 0 spiro atoms. The van der Waals surface area contributed by atoms with E-state index in [2.05, 4.69) is 43.4 Å². The molecule has 1 aromatic heterocycles. The molecule has 0 aliphatic heterocycles. The molecule has 1 rings (SSSR count). The number of nitrogens with one attached hydrogen (secondary N) is 1. The van der Waals surface area contributed by atoms with Crippen molar-refractivity contribution in [2.45, 2.75) is 47.0 Å². The van der Waals surface area contributed by atoms with Crippen molar-refractivity contribution in [3.05, 3.63) is 16.1 Å². The zero-order valence-electron chi connectivity index (χ0n) is 11.0. The molecule has 3 heteroatoms. The van der Waals surface area contributed by atoms with Gasteiger partial charge in [-0.2, -0.15) is 0 Å². The number of aromatic nitrogens is 1. The Labute approximate surface area is 103 Å². The van der Waals surface area contributed by atoms with Crippen molar-refractivity contribution >= 4 is 11.3 Å². The minimum absolute atomic E-state index is 0.343. The van der Waals surface area contributed by atoms with Crippen molar-refractivity contribution < 1.29 is 0 Å². The van der Waals surface area contributed by atoms with Crippen LogP contribution in [0.3, 0.4) is 0 Å². The van der Waals surface area contributed by atoms with Gasteiger partial charge in [0.25, 0.3) is 0 Å². The molecule has 0 bridgehead atoms. The highest BCUT2D eigenvalue weighted by Crippen LogP contribution is 2.26. The van der Waals surface area contributed by atoms with E-state index in [1.807, 2.05) is 0 Å². The number of hydrogen-bond donors (Lipinski definition) is 1. The van der Waals surface area contributed by atoms with Gasteiger partial charge in [-0.1, -0.05) is 20.8 Å². The van der Waals surface area contributed by atoms with Gasteiger partial charge in [0.2, 0.25) is 0 Å². The summed E-state index contributed by atoms with van der Waals surface area (Å²) in [5.41, 5.74) is 1.60. The summed E-state index contributed by atoms with van der Waals surface area (Å²) in [7, 11) is 0. The average molecular weight is 240 g/mol. The highest BCUT2D eigenvalue weighted by Gasteiger charge is 2.23. The van der Waals surface area contributed by atoms with E-state index in [-0.39, 0.29) is 0 Å². The van der Waals surface area contributed by atoms with Gasteiger partial charge in [-0.05, 0) is 38.1 Å². The lowest BCUT2D eigenvalue weighted by Crippen LogP contribution is -2.33. The van der Waals surface area contributed by atoms with Gasteiger partial charge in [0.05, 0.1) is 10.7 Å². The summed E-state index contributed by atoms with van der Waals surface area (Å²) in [5, 5.41) is 6.90. The summed E-state index contributed by atoms with van der Waals surface area (Å²) in [5.74, 6) is 0. The van der Waals surface area contributed by atoms with Crippen LogP contribution in [-0.4, -0.2) is 18.1 Å². The molecule has 1 heterocycles. The Morgan fingerprint density at radius 3 is 2.69 bits per heavy atom. The molecule has 16 heavy (non-hydrogen) atoms. The molecule has 92 valence electrons. The summed E-state index contributed by atoms with van der Waals surface area (Å²) in [6, 6.07) is 0. The van der Waals surface area contributed by atoms with Gasteiger partial charge in [0.1, 0.15) is 0 Å². The van der Waals surface area contributed by atoms with E-state index in [1.165, 1.54) is 23.5 Å². The van der Waals surface area contributed by atoms with Crippen LogP contribution in [0.5, 0.6) is 0 Å². The third-order valence-corrected chi connectivity index (χ3v) is 3.93. The molecule has 0 aliphatic rings. The fraction of sp³-hybridized carbons (Fsp3) is 0.769. The summed E-state index contributed by atoms with van der Waals surface area (Å²) in [6.45, 7) is 11.1. The van der Waals surface area contributed by atoms with Crippen molar-refractivity contribution in [3.8, 4) is 0 Å². The molecule has 0 aliphatic carbocycles. The molecule has 0 radical (unpaired) electrons. The number of hydrogen-bond acceptors (Lipinski definition) is 3. The van der Waals surface area contributed by atoms with Gasteiger partial charge in [-0.15, -0.1) is 11.3 Å². The molecule has 1 aromatic rings. The number of thiazole rings is 1. The predicted molar refractivity (Wildman–Crippen MR) is 72.1 cm³/mol. The second-order valence-electron chi connectivity index (χ2n) is 4.88. The Kier molecular flexibility index (Phi) is 5.42. The SMILES string of the molecule is CCCNCC(C)(CC)Cc1csc(C)n1. The highest BCUT2D eigenvalue weighted by molar-refractivity contribution is 7.09. The lowest BCUT2D eigenvalue weighted by Gasteiger charge is -2.27. The molecule has 0 saturated carbocycles. The van der Waals surface area contributed by atoms with E-state index in [0.717, 1.165) is 19.5 Å². The standard InChI is InChI=1S/C13H24N2S/c1-5-7-14-10-13(4,6-2)8-12-9-16-11(3)15-12/h9,14H,5-8,10H2,1-4H3. The third-order valence-electron chi connectivity index (χ3n) is 3.11. The highest BCUT2D eigenvalue weighted by atomic mass is 32.1. The lowest BCUT2D eigenvalue weighted by molar-refractivity contribution is 0.288. The summed E-state index contributed by atoms with van der Waals surface area (Å²) in [6.07, 6.45) is 3.49.